The second kappa shape index (κ2) is 18.1. The van der Waals surface area contributed by atoms with E-state index in [0.717, 1.165) is 38.5 Å². The lowest BCUT2D eigenvalue weighted by molar-refractivity contribution is -0.122. The standard InChI is InChI=1S/C25H50NO4P/c1-2-3-4-5-6-7-8-9-10-11-12-13-14-15-16-21-25(27)26-24-20-18-17-19-23(24)22-31(28,29)30/h23-24H,2-22H2,1H3,(H,26,27)(H2,28,29,30)/t23-,24+/m0/s1. The van der Waals surface area contributed by atoms with Gasteiger partial charge in [-0.15, -0.1) is 0 Å². The summed E-state index contributed by atoms with van der Waals surface area (Å²) in [6.45, 7) is 2.27. The summed E-state index contributed by atoms with van der Waals surface area (Å²) < 4.78 is 11.3. The Balaban J connectivity index is 1.93. The first kappa shape index (κ1) is 28.7. The molecule has 1 aliphatic carbocycles. The zero-order chi connectivity index (χ0) is 22.8. The van der Waals surface area contributed by atoms with E-state index in [4.69, 9.17) is 0 Å². The van der Waals surface area contributed by atoms with Crippen LogP contribution in [0, 0.1) is 5.92 Å². The van der Waals surface area contributed by atoms with Crippen molar-refractivity contribution in [3.8, 4) is 0 Å². The van der Waals surface area contributed by atoms with Gasteiger partial charge >= 0.3 is 7.60 Å². The van der Waals surface area contributed by atoms with Gasteiger partial charge in [-0.1, -0.05) is 110 Å². The number of rotatable bonds is 19. The molecular formula is C25H50NO4P. The van der Waals surface area contributed by atoms with Crippen LogP contribution in [0.2, 0.25) is 0 Å². The van der Waals surface area contributed by atoms with E-state index in [1.54, 1.807) is 0 Å². The molecule has 0 aliphatic heterocycles. The van der Waals surface area contributed by atoms with Crippen LogP contribution in [-0.2, 0) is 9.36 Å². The molecule has 0 heterocycles. The molecule has 1 rings (SSSR count). The number of carbonyl (C=O) groups excluding carboxylic acids is 1. The number of nitrogens with one attached hydrogen (secondary N) is 1. The first-order chi connectivity index (χ1) is 14.9. The molecule has 0 unspecified atom stereocenters. The second-order valence-electron chi connectivity index (χ2n) is 9.77. The molecule has 0 bridgehead atoms. The third-order valence-corrected chi connectivity index (χ3v) is 7.68. The molecule has 2 atom stereocenters. The Morgan fingerprint density at radius 1 is 0.774 bits per heavy atom. The minimum Gasteiger partial charge on any atom is -0.353 e. The monoisotopic (exact) mass is 459 g/mol. The maximum atomic E-state index is 12.3. The van der Waals surface area contributed by atoms with E-state index in [1.165, 1.54) is 83.5 Å². The van der Waals surface area contributed by atoms with Crippen LogP contribution in [0.25, 0.3) is 0 Å². The van der Waals surface area contributed by atoms with Gasteiger partial charge in [0, 0.05) is 12.5 Å². The van der Waals surface area contributed by atoms with Crippen molar-refractivity contribution in [1.29, 1.82) is 0 Å². The SMILES string of the molecule is CCCCCCCCCCCCCCCCCC(=O)N[C@@H]1CCCC[C@H]1CP(=O)(O)O. The Kier molecular flexibility index (Phi) is 16.7. The number of amides is 1. The van der Waals surface area contributed by atoms with Crippen molar-refractivity contribution in [1.82, 2.24) is 5.32 Å². The molecule has 0 aromatic carbocycles. The molecule has 0 aromatic heterocycles. The second-order valence-corrected chi connectivity index (χ2v) is 11.5. The van der Waals surface area contributed by atoms with E-state index < -0.39 is 7.60 Å². The smallest absolute Gasteiger partial charge is 0.325 e. The van der Waals surface area contributed by atoms with E-state index in [-0.39, 0.29) is 24.0 Å². The molecular weight excluding hydrogens is 409 g/mol. The lowest BCUT2D eigenvalue weighted by Gasteiger charge is -2.32. The zero-order valence-electron chi connectivity index (χ0n) is 20.2. The maximum absolute atomic E-state index is 12.3. The Hall–Kier alpha value is -0.380. The van der Waals surface area contributed by atoms with Crippen LogP contribution in [0.15, 0.2) is 0 Å². The van der Waals surface area contributed by atoms with Crippen LogP contribution in [0.3, 0.4) is 0 Å². The molecule has 0 spiro atoms. The number of hydrogen-bond acceptors (Lipinski definition) is 2. The Morgan fingerprint density at radius 2 is 1.23 bits per heavy atom. The molecule has 1 saturated carbocycles. The average molecular weight is 460 g/mol. The third kappa shape index (κ3) is 16.8. The van der Waals surface area contributed by atoms with E-state index >= 15 is 0 Å². The molecule has 31 heavy (non-hydrogen) atoms. The summed E-state index contributed by atoms with van der Waals surface area (Å²) in [7, 11) is -4.02. The predicted octanol–water partition coefficient (Wildman–Crippen LogP) is 7.10. The van der Waals surface area contributed by atoms with Gasteiger partial charge in [0.1, 0.15) is 0 Å². The quantitative estimate of drug-likeness (QED) is 0.142. The molecule has 3 N–H and O–H groups in total. The first-order valence-electron chi connectivity index (χ1n) is 13.3. The molecule has 184 valence electrons. The van der Waals surface area contributed by atoms with E-state index in [0.29, 0.717) is 6.42 Å². The predicted molar refractivity (Wildman–Crippen MR) is 130 cm³/mol. The highest BCUT2D eigenvalue weighted by Gasteiger charge is 2.31. The molecule has 5 nitrogen and oxygen atoms in total. The van der Waals surface area contributed by atoms with Gasteiger partial charge in [-0.3, -0.25) is 9.36 Å². The van der Waals surface area contributed by atoms with Crippen LogP contribution in [0.4, 0.5) is 0 Å². The molecule has 0 saturated heterocycles. The lowest BCUT2D eigenvalue weighted by Crippen LogP contribution is -2.43. The van der Waals surface area contributed by atoms with Gasteiger partial charge in [-0.05, 0) is 25.2 Å². The minimum atomic E-state index is -4.02. The normalized spacial score (nSPS) is 19.5. The minimum absolute atomic E-state index is 0.0531. The largest absolute Gasteiger partial charge is 0.353 e. The highest BCUT2D eigenvalue weighted by atomic mass is 31.2. The van der Waals surface area contributed by atoms with Crippen molar-refractivity contribution in [3.05, 3.63) is 0 Å². The van der Waals surface area contributed by atoms with Gasteiger partial charge in [0.15, 0.2) is 0 Å². The van der Waals surface area contributed by atoms with Crippen molar-refractivity contribution >= 4 is 13.5 Å². The van der Waals surface area contributed by atoms with E-state index in [2.05, 4.69) is 12.2 Å². The Labute approximate surface area is 191 Å². The summed E-state index contributed by atoms with van der Waals surface area (Å²) in [5.41, 5.74) is 0. The van der Waals surface area contributed by atoms with Crippen molar-refractivity contribution < 1.29 is 19.1 Å². The summed E-state index contributed by atoms with van der Waals surface area (Å²) in [6, 6.07) is -0.0646. The number of hydrogen-bond donors (Lipinski definition) is 3. The van der Waals surface area contributed by atoms with Crippen LogP contribution in [-0.4, -0.2) is 27.9 Å². The van der Waals surface area contributed by atoms with E-state index in [9.17, 15) is 19.1 Å². The molecule has 0 radical (unpaired) electrons. The summed E-state index contributed by atoms with van der Waals surface area (Å²) in [5.74, 6) is -0.0307. The van der Waals surface area contributed by atoms with Gasteiger partial charge in [0.05, 0.1) is 6.16 Å². The highest BCUT2D eigenvalue weighted by Crippen LogP contribution is 2.41. The van der Waals surface area contributed by atoms with Gasteiger partial charge in [0.2, 0.25) is 5.91 Å². The van der Waals surface area contributed by atoms with Gasteiger partial charge in [-0.25, -0.2) is 0 Å². The molecule has 6 heteroatoms. The molecule has 1 fully saturated rings. The van der Waals surface area contributed by atoms with Crippen molar-refractivity contribution in [2.45, 2.75) is 141 Å². The Bertz CT molecular complexity index is 494. The van der Waals surface area contributed by atoms with Crippen LogP contribution < -0.4 is 5.32 Å². The first-order valence-corrected chi connectivity index (χ1v) is 15.1. The van der Waals surface area contributed by atoms with Gasteiger partial charge < -0.3 is 15.1 Å². The van der Waals surface area contributed by atoms with Crippen molar-refractivity contribution in [3.63, 3.8) is 0 Å². The van der Waals surface area contributed by atoms with Crippen LogP contribution in [0.5, 0.6) is 0 Å². The Morgan fingerprint density at radius 3 is 1.71 bits per heavy atom. The van der Waals surface area contributed by atoms with E-state index in [1.807, 2.05) is 0 Å². The molecule has 1 aliphatic rings. The van der Waals surface area contributed by atoms with Gasteiger partial charge in [0.25, 0.3) is 0 Å². The summed E-state index contributed by atoms with van der Waals surface area (Å²) in [4.78, 5) is 30.8. The topological polar surface area (TPSA) is 86.6 Å². The molecule has 1 amide bonds. The van der Waals surface area contributed by atoms with Crippen LogP contribution in [0.1, 0.15) is 135 Å². The fraction of sp³-hybridized carbons (Fsp3) is 0.960. The fourth-order valence-electron chi connectivity index (χ4n) is 4.86. The lowest BCUT2D eigenvalue weighted by atomic mass is 9.85. The van der Waals surface area contributed by atoms with Crippen molar-refractivity contribution in [2.24, 2.45) is 5.92 Å². The summed E-state index contributed by atoms with van der Waals surface area (Å²) in [5, 5.41) is 3.06. The molecule has 0 aromatic rings. The maximum Gasteiger partial charge on any atom is 0.325 e. The summed E-state index contributed by atoms with van der Waals surface area (Å²) >= 11 is 0. The zero-order valence-corrected chi connectivity index (χ0v) is 21.1. The average Bonchev–Trinajstić information content (AvgIpc) is 2.71. The van der Waals surface area contributed by atoms with Gasteiger partial charge in [-0.2, -0.15) is 0 Å². The third-order valence-electron chi connectivity index (χ3n) is 6.74. The fourth-order valence-corrected chi connectivity index (χ4v) is 5.91. The van der Waals surface area contributed by atoms with Crippen LogP contribution >= 0.6 is 7.60 Å². The number of carbonyl (C=O) groups is 1. The number of unbranched alkanes of at least 4 members (excludes halogenated alkanes) is 14. The highest BCUT2D eigenvalue weighted by molar-refractivity contribution is 7.51. The summed E-state index contributed by atoms with van der Waals surface area (Å²) in [6.07, 6.45) is 23.8. The van der Waals surface area contributed by atoms with Crippen molar-refractivity contribution in [2.75, 3.05) is 6.16 Å².